The van der Waals surface area contributed by atoms with Gasteiger partial charge in [0.25, 0.3) is 10.0 Å². The molecule has 0 amide bonds. The van der Waals surface area contributed by atoms with Crippen LogP contribution in [0.25, 0.3) is 0 Å². The van der Waals surface area contributed by atoms with Gasteiger partial charge in [-0.25, -0.2) is 0 Å². The van der Waals surface area contributed by atoms with Crippen LogP contribution in [0.5, 0.6) is 5.75 Å². The normalized spacial score (nSPS) is 11.5. The van der Waals surface area contributed by atoms with E-state index in [1.165, 1.54) is 24.3 Å². The number of rotatable bonds is 4. The summed E-state index contributed by atoms with van der Waals surface area (Å²) in [5.74, 6) is -0.805. The molecule has 134 valence electrons. The quantitative estimate of drug-likeness (QED) is 0.690. The topological polar surface area (TPSA) is 89.3 Å². The summed E-state index contributed by atoms with van der Waals surface area (Å²) < 4.78 is 25.9. The number of halogens is 1. The third-order valence-electron chi connectivity index (χ3n) is 3.91. The van der Waals surface area contributed by atoms with E-state index in [-0.39, 0.29) is 21.8 Å². The Bertz CT molecular complexity index is 1100. The lowest BCUT2D eigenvalue weighted by Gasteiger charge is -2.06. The summed E-state index contributed by atoms with van der Waals surface area (Å²) in [6, 6.07) is 9.02. The van der Waals surface area contributed by atoms with Crippen LogP contribution in [0.2, 0.25) is 5.02 Å². The zero-order chi connectivity index (χ0) is 19.1. The first-order valence-corrected chi connectivity index (χ1v) is 9.42. The Balaban J connectivity index is 1.99. The molecule has 3 rings (SSSR count). The number of nitrogens with zero attached hydrogens (tertiary/aromatic N) is 2. The van der Waals surface area contributed by atoms with E-state index in [1.807, 2.05) is 6.92 Å². The van der Waals surface area contributed by atoms with Crippen LogP contribution in [0.15, 0.2) is 53.7 Å². The van der Waals surface area contributed by atoms with E-state index in [1.54, 1.807) is 19.1 Å². The number of benzene rings is 2. The third-order valence-corrected chi connectivity index (χ3v) is 5.88. The van der Waals surface area contributed by atoms with Crippen LogP contribution >= 0.6 is 11.6 Å². The van der Waals surface area contributed by atoms with Gasteiger partial charge in [0.05, 0.1) is 28.4 Å². The highest BCUT2D eigenvalue weighted by molar-refractivity contribution is 7.89. The molecule has 26 heavy (non-hydrogen) atoms. The maximum atomic E-state index is 12.6. The van der Waals surface area contributed by atoms with Crippen LogP contribution in [0.1, 0.15) is 27.0 Å². The van der Waals surface area contributed by atoms with Crippen molar-refractivity contribution in [1.82, 2.24) is 9.19 Å². The highest BCUT2D eigenvalue weighted by Crippen LogP contribution is 2.27. The number of phenolic OH excluding ortho intramolecular Hbond substituents is 1. The Morgan fingerprint density at radius 3 is 2.46 bits per heavy atom. The zero-order valence-corrected chi connectivity index (χ0v) is 15.5. The number of hydrogen-bond donors (Lipinski definition) is 1. The molecule has 0 unspecified atom stereocenters. The molecule has 8 heteroatoms. The monoisotopic (exact) mass is 390 g/mol. The minimum Gasteiger partial charge on any atom is -0.507 e. The summed E-state index contributed by atoms with van der Waals surface area (Å²) >= 11 is 6.01. The molecule has 0 saturated heterocycles. The first kappa shape index (κ1) is 18.2. The summed E-state index contributed by atoms with van der Waals surface area (Å²) in [6.07, 6.45) is 2.26. The zero-order valence-electron chi connectivity index (χ0n) is 14.0. The molecule has 1 aromatic heterocycles. The number of aromatic hydroxyl groups is 1. The van der Waals surface area contributed by atoms with E-state index in [0.29, 0.717) is 10.6 Å². The number of ketones is 1. The molecule has 0 aliphatic carbocycles. The van der Waals surface area contributed by atoms with Crippen LogP contribution in [0.4, 0.5) is 0 Å². The predicted octanol–water partition coefficient (Wildman–Crippen LogP) is 3.33. The van der Waals surface area contributed by atoms with E-state index in [2.05, 4.69) is 5.10 Å². The van der Waals surface area contributed by atoms with Gasteiger partial charge in [0.1, 0.15) is 5.75 Å². The fourth-order valence-corrected chi connectivity index (χ4v) is 3.66. The summed E-state index contributed by atoms with van der Waals surface area (Å²) in [5.41, 5.74) is 1.55. The molecule has 6 nitrogen and oxygen atoms in total. The van der Waals surface area contributed by atoms with Gasteiger partial charge in [-0.3, -0.25) is 4.79 Å². The van der Waals surface area contributed by atoms with Gasteiger partial charge < -0.3 is 5.11 Å². The van der Waals surface area contributed by atoms with E-state index in [4.69, 9.17) is 11.6 Å². The largest absolute Gasteiger partial charge is 0.507 e. The highest BCUT2D eigenvalue weighted by Gasteiger charge is 2.22. The lowest BCUT2D eigenvalue weighted by Crippen LogP contribution is -2.13. The molecule has 0 aliphatic heterocycles. The van der Waals surface area contributed by atoms with Crippen molar-refractivity contribution in [3.05, 3.63) is 76.1 Å². The SMILES string of the molecule is Cc1ccc(S(=O)(=O)n2cc(C(=O)c3cc(Cl)c(C)cc3O)cn2)cc1. The first-order valence-electron chi connectivity index (χ1n) is 7.61. The Kier molecular flexibility index (Phi) is 4.60. The van der Waals surface area contributed by atoms with E-state index in [0.717, 1.165) is 22.0 Å². The van der Waals surface area contributed by atoms with Gasteiger partial charge in [-0.1, -0.05) is 29.3 Å². The number of aromatic nitrogens is 2. The molecule has 1 heterocycles. The number of phenols is 1. The molecule has 1 N–H and O–H groups in total. The maximum absolute atomic E-state index is 12.6. The summed E-state index contributed by atoms with van der Waals surface area (Å²) in [5, 5.41) is 14.1. The second-order valence-electron chi connectivity index (χ2n) is 5.87. The molecule has 0 fully saturated rings. The van der Waals surface area contributed by atoms with Crippen molar-refractivity contribution in [3.8, 4) is 5.75 Å². The first-order chi connectivity index (χ1) is 12.2. The summed E-state index contributed by atoms with van der Waals surface area (Å²) in [7, 11) is -3.91. The number of carbonyl (C=O) groups excluding carboxylic acids is 1. The van der Waals surface area contributed by atoms with Crippen molar-refractivity contribution in [3.63, 3.8) is 0 Å². The smallest absolute Gasteiger partial charge is 0.282 e. The van der Waals surface area contributed by atoms with Crippen LogP contribution in [-0.2, 0) is 10.0 Å². The summed E-state index contributed by atoms with van der Waals surface area (Å²) in [4.78, 5) is 12.6. The predicted molar refractivity (Wildman–Crippen MR) is 97.3 cm³/mol. The molecular weight excluding hydrogens is 376 g/mol. The maximum Gasteiger partial charge on any atom is 0.282 e. The number of aryl methyl sites for hydroxylation is 2. The Morgan fingerprint density at radius 1 is 1.15 bits per heavy atom. The molecule has 0 saturated carbocycles. The summed E-state index contributed by atoms with van der Waals surface area (Å²) in [6.45, 7) is 3.54. The lowest BCUT2D eigenvalue weighted by atomic mass is 10.0. The molecule has 0 radical (unpaired) electrons. The second-order valence-corrected chi connectivity index (χ2v) is 8.07. The fourth-order valence-electron chi connectivity index (χ4n) is 2.38. The minimum absolute atomic E-state index is 0.0205. The minimum atomic E-state index is -3.91. The van der Waals surface area contributed by atoms with Crippen molar-refractivity contribution < 1.29 is 18.3 Å². The Morgan fingerprint density at radius 2 is 1.81 bits per heavy atom. The van der Waals surface area contributed by atoms with Crippen molar-refractivity contribution in [2.45, 2.75) is 18.7 Å². The van der Waals surface area contributed by atoms with Crippen LogP contribution < -0.4 is 0 Å². The lowest BCUT2D eigenvalue weighted by molar-refractivity contribution is 0.103. The Hall–Kier alpha value is -2.64. The molecule has 0 bridgehead atoms. The molecule has 2 aromatic carbocycles. The average molecular weight is 391 g/mol. The van der Waals surface area contributed by atoms with Crippen LogP contribution in [0, 0.1) is 13.8 Å². The fraction of sp³-hybridized carbons (Fsp3) is 0.111. The molecule has 0 atom stereocenters. The van der Waals surface area contributed by atoms with Gasteiger partial charge in [0.15, 0.2) is 5.78 Å². The third kappa shape index (κ3) is 3.23. The standard InChI is InChI=1S/C18H15ClN2O4S/c1-11-3-5-14(6-4-11)26(24,25)21-10-13(9-20-21)18(23)15-8-16(19)12(2)7-17(15)22/h3-10,22H,1-2H3. The van der Waals surface area contributed by atoms with Gasteiger partial charge in [0, 0.05) is 5.02 Å². The van der Waals surface area contributed by atoms with E-state index >= 15 is 0 Å². The van der Waals surface area contributed by atoms with Crippen molar-refractivity contribution >= 4 is 27.4 Å². The van der Waals surface area contributed by atoms with Crippen molar-refractivity contribution in [1.29, 1.82) is 0 Å². The molecule has 3 aromatic rings. The van der Waals surface area contributed by atoms with Gasteiger partial charge in [-0.05, 0) is 43.7 Å². The van der Waals surface area contributed by atoms with Crippen molar-refractivity contribution in [2.24, 2.45) is 0 Å². The highest BCUT2D eigenvalue weighted by atomic mass is 35.5. The van der Waals surface area contributed by atoms with Crippen molar-refractivity contribution in [2.75, 3.05) is 0 Å². The van der Waals surface area contributed by atoms with Gasteiger partial charge >= 0.3 is 0 Å². The molecule has 0 spiro atoms. The number of hydrogen-bond acceptors (Lipinski definition) is 5. The van der Waals surface area contributed by atoms with Gasteiger partial charge in [-0.2, -0.15) is 17.6 Å². The Labute approximate surface area is 155 Å². The molecule has 0 aliphatic rings. The second kappa shape index (κ2) is 6.59. The van der Waals surface area contributed by atoms with E-state index in [9.17, 15) is 18.3 Å². The van der Waals surface area contributed by atoms with Crippen LogP contribution in [-0.4, -0.2) is 28.5 Å². The van der Waals surface area contributed by atoms with E-state index < -0.39 is 15.8 Å². The average Bonchev–Trinajstić information content (AvgIpc) is 3.09. The van der Waals surface area contributed by atoms with Gasteiger partial charge in [-0.15, -0.1) is 0 Å². The molecular formula is C18H15ClN2O4S. The van der Waals surface area contributed by atoms with Crippen LogP contribution in [0.3, 0.4) is 0 Å². The number of carbonyl (C=O) groups is 1. The van der Waals surface area contributed by atoms with Gasteiger partial charge in [0.2, 0.25) is 0 Å².